The molecule has 7 nitrogen and oxygen atoms in total. The van der Waals surface area contributed by atoms with Crippen LogP contribution in [0.2, 0.25) is 5.02 Å². The number of aryl methyl sites for hydroxylation is 1. The van der Waals surface area contributed by atoms with Crippen molar-refractivity contribution >= 4 is 23.4 Å². The molecule has 4 N–H and O–H groups in total. The molecule has 1 aromatic carbocycles. The van der Waals surface area contributed by atoms with Gasteiger partial charge in [0.05, 0.1) is 18.3 Å². The number of nitrogens with one attached hydrogen (secondary N) is 1. The van der Waals surface area contributed by atoms with E-state index in [0.717, 1.165) is 35.4 Å². The lowest BCUT2D eigenvalue weighted by atomic mass is 9.81. The van der Waals surface area contributed by atoms with Gasteiger partial charge in [-0.05, 0) is 73.5 Å². The molecule has 0 spiro atoms. The number of rotatable bonds is 5. The molecule has 0 radical (unpaired) electrons. The molecule has 1 aliphatic heterocycles. The molecular formula is C23H27ClN4O3. The van der Waals surface area contributed by atoms with Crippen molar-refractivity contribution in [3.63, 3.8) is 0 Å². The van der Waals surface area contributed by atoms with Gasteiger partial charge in [0.25, 0.3) is 5.91 Å². The van der Waals surface area contributed by atoms with Gasteiger partial charge >= 0.3 is 0 Å². The molecule has 2 atom stereocenters. The summed E-state index contributed by atoms with van der Waals surface area (Å²) in [6.45, 7) is 0.963. The van der Waals surface area contributed by atoms with Crippen LogP contribution in [-0.2, 0) is 34.7 Å². The van der Waals surface area contributed by atoms with Crippen molar-refractivity contribution in [2.45, 2.75) is 56.8 Å². The van der Waals surface area contributed by atoms with Crippen LogP contribution in [0.5, 0.6) is 0 Å². The Balaban J connectivity index is 1.74. The zero-order chi connectivity index (χ0) is 22.0. The van der Waals surface area contributed by atoms with Crippen LogP contribution < -0.4 is 11.1 Å². The second-order valence-electron chi connectivity index (χ2n) is 8.22. The zero-order valence-corrected chi connectivity index (χ0v) is 18.1. The number of hydrogen-bond acceptors (Lipinski definition) is 6. The quantitative estimate of drug-likeness (QED) is 0.611. The maximum absolute atomic E-state index is 13.8. The van der Waals surface area contributed by atoms with Crippen LogP contribution in [-0.4, -0.2) is 39.4 Å². The van der Waals surface area contributed by atoms with Crippen molar-refractivity contribution < 1.29 is 14.7 Å². The molecule has 1 saturated heterocycles. The molecule has 8 heteroatoms. The first kappa shape index (κ1) is 21.9. The van der Waals surface area contributed by atoms with Gasteiger partial charge in [-0.3, -0.25) is 19.5 Å². The van der Waals surface area contributed by atoms with Crippen molar-refractivity contribution in [2.24, 2.45) is 5.73 Å². The number of aromatic nitrogens is 1. The number of amides is 2. The highest BCUT2D eigenvalue weighted by molar-refractivity contribution is 6.30. The molecule has 4 rings (SSSR count). The van der Waals surface area contributed by atoms with Crippen molar-refractivity contribution in [3.05, 3.63) is 63.9 Å². The number of imide groups is 1. The van der Waals surface area contributed by atoms with Gasteiger partial charge in [0.2, 0.25) is 5.91 Å². The fraction of sp³-hybridized carbons (Fsp3) is 0.435. The Hall–Kier alpha value is -2.32. The molecule has 1 aromatic heterocycles. The molecular weight excluding hydrogens is 416 g/mol. The predicted molar refractivity (Wildman–Crippen MR) is 117 cm³/mol. The third-order valence-electron chi connectivity index (χ3n) is 6.21. The number of nitrogens with zero attached hydrogens (tertiary/aromatic N) is 2. The summed E-state index contributed by atoms with van der Waals surface area (Å²) in [5, 5.41) is 15.2. The standard InChI is InChI=1S/C23H27ClN4O3/c24-18-8-7-16(13-25)17(12-18)14-28(21(29)19-6-3-10-26-19)22(30)23(31)9-1-4-15-5-2-11-27-20(15)23/h2,5,7-8,11-12,19,26,31H,1,3-4,6,9-10,13-14,25H2/t19-,23?/m0/s1. The first-order valence-corrected chi connectivity index (χ1v) is 11.0. The maximum atomic E-state index is 13.8. The lowest BCUT2D eigenvalue weighted by Crippen LogP contribution is -2.54. The van der Waals surface area contributed by atoms with Gasteiger partial charge < -0.3 is 16.2 Å². The maximum Gasteiger partial charge on any atom is 0.267 e. The van der Waals surface area contributed by atoms with Crippen LogP contribution in [0.1, 0.15) is 48.1 Å². The van der Waals surface area contributed by atoms with E-state index >= 15 is 0 Å². The zero-order valence-electron chi connectivity index (χ0n) is 17.3. The van der Waals surface area contributed by atoms with Gasteiger partial charge in [-0.25, -0.2) is 0 Å². The van der Waals surface area contributed by atoms with Crippen molar-refractivity contribution in [3.8, 4) is 0 Å². The number of aliphatic hydroxyl groups is 1. The minimum atomic E-state index is -1.84. The average Bonchev–Trinajstić information content (AvgIpc) is 3.32. The van der Waals surface area contributed by atoms with E-state index in [4.69, 9.17) is 17.3 Å². The van der Waals surface area contributed by atoms with Gasteiger partial charge in [0.1, 0.15) is 0 Å². The number of benzene rings is 1. The topological polar surface area (TPSA) is 109 Å². The van der Waals surface area contributed by atoms with Gasteiger partial charge in [-0.15, -0.1) is 0 Å². The second-order valence-corrected chi connectivity index (χ2v) is 8.66. The highest BCUT2D eigenvalue weighted by atomic mass is 35.5. The number of carbonyl (C=O) groups excluding carboxylic acids is 2. The van der Waals surface area contributed by atoms with Crippen molar-refractivity contribution in [1.29, 1.82) is 0 Å². The second kappa shape index (κ2) is 9.04. The molecule has 1 aliphatic carbocycles. The summed E-state index contributed by atoms with van der Waals surface area (Å²) in [5.41, 5.74) is 6.70. The normalized spacial score (nSPS) is 22.7. The Morgan fingerprint density at radius 3 is 2.87 bits per heavy atom. The van der Waals surface area contributed by atoms with E-state index in [1.54, 1.807) is 30.5 Å². The Morgan fingerprint density at radius 2 is 2.13 bits per heavy atom. The lowest BCUT2D eigenvalue weighted by Gasteiger charge is -2.36. The number of pyridine rings is 1. The number of nitrogens with two attached hydrogens (primary N) is 1. The molecule has 2 aliphatic rings. The van der Waals surface area contributed by atoms with Crippen LogP contribution in [0, 0.1) is 0 Å². The van der Waals surface area contributed by atoms with E-state index < -0.39 is 17.6 Å². The SMILES string of the molecule is NCc1ccc(Cl)cc1CN(C(=O)[C@@H]1CCCN1)C(=O)C1(O)CCCc2cccnc21. The van der Waals surface area contributed by atoms with Gasteiger partial charge in [-0.1, -0.05) is 23.7 Å². The van der Waals surface area contributed by atoms with Crippen LogP contribution in [0.3, 0.4) is 0 Å². The first-order valence-electron chi connectivity index (χ1n) is 10.7. The van der Waals surface area contributed by atoms with E-state index in [2.05, 4.69) is 10.3 Å². The van der Waals surface area contributed by atoms with Gasteiger partial charge in [0, 0.05) is 17.8 Å². The summed E-state index contributed by atoms with van der Waals surface area (Å²) in [5.74, 6) is -0.990. The molecule has 0 saturated carbocycles. The average molecular weight is 443 g/mol. The van der Waals surface area contributed by atoms with Gasteiger partial charge in [-0.2, -0.15) is 0 Å². The number of halogens is 1. The smallest absolute Gasteiger partial charge is 0.267 e. The molecule has 31 heavy (non-hydrogen) atoms. The summed E-state index contributed by atoms with van der Waals surface area (Å²) >= 11 is 6.19. The first-order chi connectivity index (χ1) is 14.9. The highest BCUT2D eigenvalue weighted by Crippen LogP contribution is 2.36. The fourth-order valence-electron chi connectivity index (χ4n) is 4.54. The summed E-state index contributed by atoms with van der Waals surface area (Å²) in [4.78, 5) is 32.7. The number of carbonyl (C=O) groups is 2. The minimum Gasteiger partial charge on any atom is -0.374 e. The molecule has 1 fully saturated rings. The van der Waals surface area contributed by atoms with Crippen LogP contribution in [0.15, 0.2) is 36.5 Å². The minimum absolute atomic E-state index is 0.00653. The molecule has 2 amide bonds. The van der Waals surface area contributed by atoms with E-state index in [9.17, 15) is 14.7 Å². The Morgan fingerprint density at radius 1 is 1.29 bits per heavy atom. The highest BCUT2D eigenvalue weighted by Gasteiger charge is 2.47. The van der Waals surface area contributed by atoms with Crippen LogP contribution in [0.4, 0.5) is 0 Å². The summed E-state index contributed by atoms with van der Waals surface area (Å²) in [6.07, 6.45) is 4.67. The van der Waals surface area contributed by atoms with Crippen LogP contribution in [0.25, 0.3) is 0 Å². The summed E-state index contributed by atoms with van der Waals surface area (Å²) in [7, 11) is 0. The van der Waals surface area contributed by atoms with E-state index in [0.29, 0.717) is 29.1 Å². The fourth-order valence-corrected chi connectivity index (χ4v) is 4.74. The Labute approximate surface area is 186 Å². The number of hydrogen-bond donors (Lipinski definition) is 3. The van der Waals surface area contributed by atoms with Crippen molar-refractivity contribution in [1.82, 2.24) is 15.2 Å². The van der Waals surface area contributed by atoms with E-state index in [1.165, 1.54) is 0 Å². The molecule has 0 bridgehead atoms. The molecule has 2 heterocycles. The third kappa shape index (κ3) is 4.23. The van der Waals surface area contributed by atoms with Gasteiger partial charge in [0.15, 0.2) is 5.60 Å². The Kier molecular flexibility index (Phi) is 6.39. The number of fused-ring (bicyclic) bond motifs is 1. The largest absolute Gasteiger partial charge is 0.374 e. The Bertz CT molecular complexity index is 993. The predicted octanol–water partition coefficient (Wildman–Crippen LogP) is 2.02. The van der Waals surface area contributed by atoms with Crippen molar-refractivity contribution in [2.75, 3.05) is 6.54 Å². The molecule has 1 unspecified atom stereocenters. The monoisotopic (exact) mass is 442 g/mol. The lowest BCUT2D eigenvalue weighted by molar-refractivity contribution is -0.163. The van der Waals surface area contributed by atoms with Crippen LogP contribution >= 0.6 is 11.6 Å². The molecule has 2 aromatic rings. The van der Waals surface area contributed by atoms with E-state index in [-0.39, 0.29) is 25.4 Å². The molecule has 164 valence electrons. The summed E-state index contributed by atoms with van der Waals surface area (Å²) in [6, 6.07) is 8.45. The van der Waals surface area contributed by atoms with E-state index in [1.807, 2.05) is 6.07 Å². The summed E-state index contributed by atoms with van der Waals surface area (Å²) < 4.78 is 0. The third-order valence-corrected chi connectivity index (χ3v) is 6.44.